The predicted octanol–water partition coefficient (Wildman–Crippen LogP) is 4.48. The van der Waals surface area contributed by atoms with E-state index in [1.165, 1.54) is 62.7 Å². The van der Waals surface area contributed by atoms with Crippen LogP contribution in [0.15, 0.2) is 36.7 Å². The van der Waals surface area contributed by atoms with Gasteiger partial charge in [0.1, 0.15) is 0 Å². The maximum atomic E-state index is 5.66. The lowest BCUT2D eigenvalue weighted by atomic mass is 9.94. The van der Waals surface area contributed by atoms with Crippen molar-refractivity contribution in [2.75, 3.05) is 33.5 Å². The Kier molecular flexibility index (Phi) is 6.79. The van der Waals surface area contributed by atoms with Gasteiger partial charge in [-0.15, -0.1) is 0 Å². The van der Waals surface area contributed by atoms with E-state index in [1.54, 1.807) is 7.11 Å². The molecule has 2 aromatic rings. The Morgan fingerprint density at radius 1 is 1.06 bits per heavy atom. The second-order valence-electron chi connectivity index (χ2n) is 9.48. The first kappa shape index (κ1) is 21.5. The van der Waals surface area contributed by atoms with E-state index in [0.717, 1.165) is 43.1 Å². The summed E-state index contributed by atoms with van der Waals surface area (Å²) >= 11 is 0. The Morgan fingerprint density at radius 3 is 2.62 bits per heavy atom. The molecule has 5 rings (SSSR count). The number of pyridine rings is 1. The fourth-order valence-electron chi connectivity index (χ4n) is 5.60. The monoisotopic (exact) mass is 437 g/mol. The molecule has 3 heterocycles. The van der Waals surface area contributed by atoms with E-state index in [2.05, 4.69) is 33.0 Å². The van der Waals surface area contributed by atoms with Crippen LogP contribution in [0.3, 0.4) is 0 Å². The zero-order chi connectivity index (χ0) is 21.8. The molecular weight excluding hydrogens is 402 g/mol. The minimum atomic E-state index is 0.258. The number of benzene rings is 1. The number of fused-ring (bicyclic) bond motifs is 1. The summed E-state index contributed by atoms with van der Waals surface area (Å²) in [6, 6.07) is 9.24. The number of hydrogen-bond donors (Lipinski definition) is 0. The summed E-state index contributed by atoms with van der Waals surface area (Å²) in [7, 11) is 1.69. The van der Waals surface area contributed by atoms with Crippen LogP contribution in [0.5, 0.6) is 17.2 Å². The molecule has 1 aliphatic carbocycles. The van der Waals surface area contributed by atoms with Gasteiger partial charge in [-0.05, 0) is 74.0 Å². The predicted molar refractivity (Wildman–Crippen MR) is 124 cm³/mol. The third-order valence-electron chi connectivity index (χ3n) is 7.26. The second-order valence-corrected chi connectivity index (χ2v) is 9.48. The SMILES string of the molecule is COc1cc(CN(Cc2cccnc2)CC2CCN(C3CCCC3)CC2)cc2c1OCO2. The number of nitrogens with zero attached hydrogens (tertiary/aromatic N) is 3. The Morgan fingerprint density at radius 2 is 1.88 bits per heavy atom. The lowest BCUT2D eigenvalue weighted by Gasteiger charge is -2.38. The van der Waals surface area contributed by atoms with Gasteiger partial charge in [0, 0.05) is 38.1 Å². The molecule has 32 heavy (non-hydrogen) atoms. The van der Waals surface area contributed by atoms with Crippen LogP contribution < -0.4 is 14.2 Å². The van der Waals surface area contributed by atoms with Gasteiger partial charge in [0.15, 0.2) is 11.5 Å². The van der Waals surface area contributed by atoms with Gasteiger partial charge in [-0.3, -0.25) is 9.88 Å². The van der Waals surface area contributed by atoms with Gasteiger partial charge >= 0.3 is 0 Å². The van der Waals surface area contributed by atoms with E-state index in [1.807, 2.05) is 18.5 Å². The first-order valence-corrected chi connectivity index (χ1v) is 12.1. The average Bonchev–Trinajstić information content (AvgIpc) is 3.52. The molecule has 3 aliphatic rings. The summed E-state index contributed by atoms with van der Waals surface area (Å²) in [6.07, 6.45) is 12.1. The molecule has 0 amide bonds. The van der Waals surface area contributed by atoms with Crippen LogP contribution >= 0.6 is 0 Å². The number of methoxy groups -OCH3 is 1. The van der Waals surface area contributed by atoms with Crippen LogP contribution in [0.25, 0.3) is 0 Å². The molecule has 1 saturated carbocycles. The van der Waals surface area contributed by atoms with Crippen molar-refractivity contribution < 1.29 is 14.2 Å². The van der Waals surface area contributed by atoms with Crippen LogP contribution in [0.4, 0.5) is 0 Å². The lowest BCUT2D eigenvalue weighted by Crippen LogP contribution is -2.42. The first-order valence-electron chi connectivity index (χ1n) is 12.1. The molecule has 6 heteroatoms. The van der Waals surface area contributed by atoms with Crippen molar-refractivity contribution in [1.82, 2.24) is 14.8 Å². The van der Waals surface area contributed by atoms with E-state index in [-0.39, 0.29) is 6.79 Å². The summed E-state index contributed by atoms with van der Waals surface area (Å²) in [5.74, 6) is 2.99. The van der Waals surface area contributed by atoms with Gasteiger partial charge in [-0.25, -0.2) is 0 Å². The third-order valence-corrected chi connectivity index (χ3v) is 7.26. The van der Waals surface area contributed by atoms with Crippen molar-refractivity contribution in [2.24, 2.45) is 5.92 Å². The van der Waals surface area contributed by atoms with Crippen molar-refractivity contribution in [3.8, 4) is 17.2 Å². The maximum Gasteiger partial charge on any atom is 0.231 e. The maximum absolute atomic E-state index is 5.66. The number of ether oxygens (including phenoxy) is 3. The molecule has 0 unspecified atom stereocenters. The highest BCUT2D eigenvalue weighted by molar-refractivity contribution is 5.55. The number of rotatable bonds is 8. The lowest BCUT2D eigenvalue weighted by molar-refractivity contribution is 0.106. The minimum Gasteiger partial charge on any atom is -0.493 e. The fraction of sp³-hybridized carbons (Fsp3) is 0.577. The first-order chi connectivity index (χ1) is 15.8. The van der Waals surface area contributed by atoms with E-state index in [4.69, 9.17) is 14.2 Å². The Balaban J connectivity index is 1.27. The molecule has 0 N–H and O–H groups in total. The molecule has 1 aromatic carbocycles. The van der Waals surface area contributed by atoms with E-state index in [0.29, 0.717) is 5.75 Å². The van der Waals surface area contributed by atoms with Crippen LogP contribution in [0, 0.1) is 5.92 Å². The molecule has 172 valence electrons. The van der Waals surface area contributed by atoms with Crippen molar-refractivity contribution in [2.45, 2.75) is 57.7 Å². The Hall–Kier alpha value is -2.31. The number of likely N-dealkylation sites (tertiary alicyclic amines) is 1. The van der Waals surface area contributed by atoms with Crippen molar-refractivity contribution in [3.63, 3.8) is 0 Å². The highest BCUT2D eigenvalue weighted by Gasteiger charge is 2.28. The highest BCUT2D eigenvalue weighted by atomic mass is 16.7. The summed E-state index contributed by atoms with van der Waals surface area (Å²) in [4.78, 5) is 9.65. The molecule has 2 aliphatic heterocycles. The van der Waals surface area contributed by atoms with Gasteiger partial charge in [0.25, 0.3) is 0 Å². The standard InChI is InChI=1S/C26H35N3O3/c1-30-24-13-22(14-25-26(24)32-19-31-25)18-28(17-21-5-4-10-27-15-21)16-20-8-11-29(12-9-20)23-6-2-3-7-23/h4-5,10,13-15,20,23H,2-3,6-9,11-12,16-19H2,1H3. The number of aromatic nitrogens is 1. The van der Waals surface area contributed by atoms with Crippen LogP contribution in [0.1, 0.15) is 49.7 Å². The molecule has 0 spiro atoms. The highest BCUT2D eigenvalue weighted by Crippen LogP contribution is 2.42. The fourth-order valence-corrected chi connectivity index (χ4v) is 5.60. The van der Waals surface area contributed by atoms with Crippen LogP contribution in [-0.2, 0) is 13.1 Å². The average molecular weight is 438 g/mol. The molecule has 0 atom stereocenters. The molecule has 0 bridgehead atoms. The zero-order valence-corrected chi connectivity index (χ0v) is 19.2. The summed E-state index contributed by atoms with van der Waals surface area (Å²) in [6.45, 7) is 5.62. The van der Waals surface area contributed by atoms with E-state index >= 15 is 0 Å². The normalized spacial score (nSPS) is 19.7. The van der Waals surface area contributed by atoms with E-state index in [9.17, 15) is 0 Å². The van der Waals surface area contributed by atoms with Gasteiger partial charge in [0.2, 0.25) is 12.5 Å². The Bertz CT molecular complexity index is 877. The second kappa shape index (κ2) is 10.1. The molecule has 6 nitrogen and oxygen atoms in total. The van der Waals surface area contributed by atoms with Crippen molar-refractivity contribution >= 4 is 0 Å². The summed E-state index contributed by atoms with van der Waals surface area (Å²) in [5, 5.41) is 0. The quantitative estimate of drug-likeness (QED) is 0.607. The van der Waals surface area contributed by atoms with Gasteiger partial charge in [-0.1, -0.05) is 18.9 Å². The number of hydrogen-bond acceptors (Lipinski definition) is 6. The molecular formula is C26H35N3O3. The molecule has 0 radical (unpaired) electrons. The molecule has 1 aromatic heterocycles. The van der Waals surface area contributed by atoms with Gasteiger partial charge < -0.3 is 19.1 Å². The Labute approximate surface area is 191 Å². The number of piperidine rings is 1. The molecule has 1 saturated heterocycles. The van der Waals surface area contributed by atoms with Crippen molar-refractivity contribution in [3.05, 3.63) is 47.8 Å². The third kappa shape index (κ3) is 5.02. The topological polar surface area (TPSA) is 47.1 Å². The summed E-state index contributed by atoms with van der Waals surface area (Å²) < 4.78 is 16.8. The smallest absolute Gasteiger partial charge is 0.231 e. The van der Waals surface area contributed by atoms with Crippen molar-refractivity contribution in [1.29, 1.82) is 0 Å². The molecule has 2 fully saturated rings. The van der Waals surface area contributed by atoms with Crippen LogP contribution in [0.2, 0.25) is 0 Å². The summed E-state index contributed by atoms with van der Waals surface area (Å²) in [5.41, 5.74) is 2.45. The van der Waals surface area contributed by atoms with E-state index < -0.39 is 0 Å². The van der Waals surface area contributed by atoms with Gasteiger partial charge in [-0.2, -0.15) is 0 Å². The zero-order valence-electron chi connectivity index (χ0n) is 19.2. The van der Waals surface area contributed by atoms with Crippen LogP contribution in [-0.4, -0.2) is 54.4 Å². The minimum absolute atomic E-state index is 0.258. The van der Waals surface area contributed by atoms with Gasteiger partial charge in [0.05, 0.1) is 7.11 Å². The largest absolute Gasteiger partial charge is 0.493 e.